The van der Waals surface area contributed by atoms with Crippen molar-refractivity contribution in [3.8, 4) is 17.2 Å². The van der Waals surface area contributed by atoms with E-state index >= 15 is 0 Å². The molecule has 3 rings (SSSR count). The lowest BCUT2D eigenvalue weighted by molar-refractivity contribution is 0.158. The average Bonchev–Trinajstić information content (AvgIpc) is 2.39. The van der Waals surface area contributed by atoms with Gasteiger partial charge >= 0.3 is 0 Å². The van der Waals surface area contributed by atoms with Gasteiger partial charge in [-0.25, -0.2) is 0 Å². The summed E-state index contributed by atoms with van der Waals surface area (Å²) in [5, 5.41) is 0. The molecule has 0 bridgehead atoms. The fourth-order valence-corrected chi connectivity index (χ4v) is 2.08. The standard InChI is InChI=1S/C17H16O2/c1-17(2)12-11-14-15(9-6-10-16(14)19-17)18-13-7-4-3-5-8-13/h3-12H,1-2H3. The Hall–Kier alpha value is -2.22. The van der Waals surface area contributed by atoms with Gasteiger partial charge in [0.2, 0.25) is 0 Å². The van der Waals surface area contributed by atoms with E-state index in [-0.39, 0.29) is 5.60 Å². The summed E-state index contributed by atoms with van der Waals surface area (Å²) in [5.41, 5.74) is 0.726. The van der Waals surface area contributed by atoms with E-state index in [4.69, 9.17) is 9.47 Å². The maximum absolute atomic E-state index is 5.93. The third-order valence-corrected chi connectivity index (χ3v) is 3.02. The van der Waals surface area contributed by atoms with Gasteiger partial charge in [0.05, 0.1) is 5.56 Å². The molecule has 1 heterocycles. The highest BCUT2D eigenvalue weighted by Gasteiger charge is 2.23. The fraction of sp³-hybridized carbons (Fsp3) is 0.176. The predicted octanol–water partition coefficient (Wildman–Crippen LogP) is 4.66. The van der Waals surface area contributed by atoms with Crippen LogP contribution in [0.25, 0.3) is 6.08 Å². The SMILES string of the molecule is CC1(C)C=Cc2c(Oc3ccccc3)cccc2O1. The van der Waals surface area contributed by atoms with Crippen molar-refractivity contribution in [2.45, 2.75) is 19.4 Å². The molecule has 19 heavy (non-hydrogen) atoms. The number of ether oxygens (including phenoxy) is 2. The van der Waals surface area contributed by atoms with Crippen molar-refractivity contribution in [3.05, 3.63) is 60.2 Å². The van der Waals surface area contributed by atoms with Crippen LogP contribution in [-0.2, 0) is 0 Å². The molecule has 0 aliphatic carbocycles. The van der Waals surface area contributed by atoms with Crippen molar-refractivity contribution in [1.29, 1.82) is 0 Å². The van der Waals surface area contributed by atoms with Crippen LogP contribution in [0.2, 0.25) is 0 Å². The number of fused-ring (bicyclic) bond motifs is 1. The van der Waals surface area contributed by atoms with Gasteiger partial charge in [-0.3, -0.25) is 0 Å². The highest BCUT2D eigenvalue weighted by atomic mass is 16.5. The summed E-state index contributed by atoms with van der Waals surface area (Å²) in [5.74, 6) is 2.51. The molecule has 0 atom stereocenters. The Kier molecular flexibility index (Phi) is 2.79. The molecule has 2 nitrogen and oxygen atoms in total. The molecular formula is C17H16O2. The third kappa shape index (κ3) is 2.48. The highest BCUT2D eigenvalue weighted by Crippen LogP contribution is 2.38. The number of rotatable bonds is 2. The maximum atomic E-state index is 5.93. The quantitative estimate of drug-likeness (QED) is 0.773. The van der Waals surface area contributed by atoms with Crippen molar-refractivity contribution >= 4 is 6.08 Å². The van der Waals surface area contributed by atoms with E-state index in [2.05, 4.69) is 6.08 Å². The molecule has 0 N–H and O–H groups in total. The topological polar surface area (TPSA) is 18.5 Å². The van der Waals surface area contributed by atoms with Crippen LogP contribution in [0.15, 0.2) is 54.6 Å². The molecule has 0 saturated heterocycles. The summed E-state index contributed by atoms with van der Waals surface area (Å²) < 4.78 is 11.8. The second-order valence-electron chi connectivity index (χ2n) is 5.12. The largest absolute Gasteiger partial charge is 0.483 e. The summed E-state index contributed by atoms with van der Waals surface area (Å²) in [6.45, 7) is 4.08. The second kappa shape index (κ2) is 4.47. The third-order valence-electron chi connectivity index (χ3n) is 3.02. The van der Waals surface area contributed by atoms with Crippen LogP contribution in [0.3, 0.4) is 0 Å². The molecule has 0 fully saturated rings. The molecule has 0 saturated carbocycles. The molecule has 0 radical (unpaired) electrons. The average molecular weight is 252 g/mol. The Morgan fingerprint density at radius 1 is 0.947 bits per heavy atom. The lowest BCUT2D eigenvalue weighted by Gasteiger charge is -2.28. The van der Waals surface area contributed by atoms with Gasteiger partial charge in [-0.15, -0.1) is 0 Å². The Labute approximate surface area is 113 Å². The summed E-state index contributed by atoms with van der Waals surface area (Å²) in [4.78, 5) is 0. The first-order valence-electron chi connectivity index (χ1n) is 6.38. The lowest BCUT2D eigenvalue weighted by Crippen LogP contribution is -2.27. The highest BCUT2D eigenvalue weighted by molar-refractivity contribution is 5.67. The number of benzene rings is 2. The Bertz CT molecular complexity index is 612. The van der Waals surface area contributed by atoms with E-state index in [0.29, 0.717) is 0 Å². The van der Waals surface area contributed by atoms with Crippen molar-refractivity contribution in [1.82, 2.24) is 0 Å². The van der Waals surface area contributed by atoms with Gasteiger partial charge in [0, 0.05) is 0 Å². The number of hydrogen-bond acceptors (Lipinski definition) is 2. The first-order valence-corrected chi connectivity index (χ1v) is 6.38. The summed E-state index contributed by atoms with van der Waals surface area (Å²) in [6, 6.07) is 15.6. The van der Waals surface area contributed by atoms with Crippen LogP contribution >= 0.6 is 0 Å². The zero-order valence-electron chi connectivity index (χ0n) is 11.1. The van der Waals surface area contributed by atoms with Gasteiger partial charge in [0.25, 0.3) is 0 Å². The fourth-order valence-electron chi connectivity index (χ4n) is 2.08. The molecule has 0 spiro atoms. The predicted molar refractivity (Wildman–Crippen MR) is 76.7 cm³/mol. The van der Waals surface area contributed by atoms with E-state index in [1.165, 1.54) is 0 Å². The van der Waals surface area contributed by atoms with E-state index in [1.807, 2.05) is 68.5 Å². The molecule has 0 amide bonds. The summed E-state index contributed by atoms with van der Waals surface area (Å²) in [6.07, 6.45) is 4.12. The van der Waals surface area contributed by atoms with Crippen LogP contribution in [0.1, 0.15) is 19.4 Å². The summed E-state index contributed by atoms with van der Waals surface area (Å²) in [7, 11) is 0. The number of para-hydroxylation sites is 1. The van der Waals surface area contributed by atoms with Gasteiger partial charge < -0.3 is 9.47 Å². The van der Waals surface area contributed by atoms with Gasteiger partial charge in [0.1, 0.15) is 22.8 Å². The molecule has 2 heteroatoms. The molecule has 1 aliphatic heterocycles. The van der Waals surface area contributed by atoms with Crippen molar-refractivity contribution in [3.63, 3.8) is 0 Å². The minimum atomic E-state index is -0.266. The molecule has 2 aromatic carbocycles. The molecule has 0 aromatic heterocycles. The molecule has 96 valence electrons. The van der Waals surface area contributed by atoms with Crippen molar-refractivity contribution < 1.29 is 9.47 Å². The van der Waals surface area contributed by atoms with Gasteiger partial charge in [-0.05, 0) is 50.3 Å². The van der Waals surface area contributed by atoms with Gasteiger partial charge in [-0.1, -0.05) is 24.3 Å². The molecule has 2 aromatic rings. The normalized spacial score (nSPS) is 15.5. The monoisotopic (exact) mass is 252 g/mol. The molecule has 0 unspecified atom stereocenters. The lowest BCUT2D eigenvalue weighted by atomic mass is 10.0. The van der Waals surface area contributed by atoms with Crippen molar-refractivity contribution in [2.75, 3.05) is 0 Å². The van der Waals surface area contributed by atoms with Crippen LogP contribution in [0.4, 0.5) is 0 Å². The van der Waals surface area contributed by atoms with Crippen LogP contribution in [0.5, 0.6) is 17.2 Å². The van der Waals surface area contributed by atoms with E-state index < -0.39 is 0 Å². The van der Waals surface area contributed by atoms with E-state index in [9.17, 15) is 0 Å². The molecule has 1 aliphatic rings. The first kappa shape index (κ1) is 11.8. The number of hydrogen-bond donors (Lipinski definition) is 0. The summed E-state index contributed by atoms with van der Waals surface area (Å²) >= 11 is 0. The van der Waals surface area contributed by atoms with E-state index in [1.54, 1.807) is 0 Å². The first-order chi connectivity index (χ1) is 9.14. The van der Waals surface area contributed by atoms with E-state index in [0.717, 1.165) is 22.8 Å². The zero-order chi connectivity index (χ0) is 13.3. The van der Waals surface area contributed by atoms with Crippen LogP contribution in [-0.4, -0.2) is 5.60 Å². The smallest absolute Gasteiger partial charge is 0.138 e. The van der Waals surface area contributed by atoms with Gasteiger partial charge in [-0.2, -0.15) is 0 Å². The minimum absolute atomic E-state index is 0.266. The molecular weight excluding hydrogens is 236 g/mol. The van der Waals surface area contributed by atoms with Crippen molar-refractivity contribution in [2.24, 2.45) is 0 Å². The Morgan fingerprint density at radius 2 is 1.74 bits per heavy atom. The van der Waals surface area contributed by atoms with Crippen LogP contribution < -0.4 is 9.47 Å². The Morgan fingerprint density at radius 3 is 2.53 bits per heavy atom. The van der Waals surface area contributed by atoms with Gasteiger partial charge in [0.15, 0.2) is 0 Å². The second-order valence-corrected chi connectivity index (χ2v) is 5.12. The Balaban J connectivity index is 1.96. The maximum Gasteiger partial charge on any atom is 0.138 e. The minimum Gasteiger partial charge on any atom is -0.483 e. The van der Waals surface area contributed by atoms with Crippen LogP contribution in [0, 0.1) is 0 Å². The zero-order valence-corrected chi connectivity index (χ0v) is 11.1.